The van der Waals surface area contributed by atoms with E-state index >= 15 is 0 Å². The molecule has 0 amide bonds. The van der Waals surface area contributed by atoms with Gasteiger partial charge in [-0.15, -0.1) is 0 Å². The van der Waals surface area contributed by atoms with E-state index in [1.54, 1.807) is 12.3 Å². The fourth-order valence-corrected chi connectivity index (χ4v) is 1.53. The Balaban J connectivity index is 2.57. The van der Waals surface area contributed by atoms with Gasteiger partial charge in [-0.05, 0) is 19.1 Å². The van der Waals surface area contributed by atoms with Crippen molar-refractivity contribution in [2.45, 2.75) is 6.92 Å². The third-order valence-corrected chi connectivity index (χ3v) is 2.62. The molecule has 14 heavy (non-hydrogen) atoms. The van der Waals surface area contributed by atoms with Crippen LogP contribution in [0.15, 0.2) is 28.8 Å². The van der Waals surface area contributed by atoms with Crippen LogP contribution in [0.2, 0.25) is 10.0 Å². The Morgan fingerprint density at radius 2 is 2.07 bits per heavy atom. The van der Waals surface area contributed by atoms with E-state index in [9.17, 15) is 0 Å². The highest BCUT2D eigenvalue weighted by molar-refractivity contribution is 6.43. The third kappa shape index (κ3) is 1.63. The number of hydrogen-bond donors (Lipinski definition) is 0. The molecule has 72 valence electrons. The molecular formula is C10H7Cl2NO. The Kier molecular flexibility index (Phi) is 2.48. The number of halogens is 2. The second-order valence-corrected chi connectivity index (χ2v) is 3.66. The van der Waals surface area contributed by atoms with Gasteiger partial charge in [-0.3, -0.25) is 0 Å². The van der Waals surface area contributed by atoms with E-state index < -0.39 is 0 Å². The standard InChI is InChI=1S/C10H7Cl2NO/c1-6-5-13-10(14-6)7-3-2-4-8(11)9(7)12/h2-5H,1H3. The van der Waals surface area contributed by atoms with E-state index in [0.29, 0.717) is 21.5 Å². The van der Waals surface area contributed by atoms with Crippen molar-refractivity contribution in [1.82, 2.24) is 4.98 Å². The lowest BCUT2D eigenvalue weighted by molar-refractivity contribution is 0.542. The lowest BCUT2D eigenvalue weighted by Gasteiger charge is -2.00. The summed E-state index contributed by atoms with van der Waals surface area (Å²) in [6, 6.07) is 5.35. The van der Waals surface area contributed by atoms with Gasteiger partial charge in [0.1, 0.15) is 5.76 Å². The number of hydrogen-bond acceptors (Lipinski definition) is 2. The number of nitrogens with zero attached hydrogens (tertiary/aromatic N) is 1. The molecule has 1 heterocycles. The molecule has 0 saturated heterocycles. The molecule has 0 bridgehead atoms. The largest absolute Gasteiger partial charge is 0.441 e. The zero-order chi connectivity index (χ0) is 10.1. The lowest BCUT2D eigenvalue weighted by atomic mass is 10.2. The average molecular weight is 228 g/mol. The third-order valence-electron chi connectivity index (χ3n) is 1.80. The first kappa shape index (κ1) is 9.56. The predicted molar refractivity (Wildman–Crippen MR) is 56.7 cm³/mol. The van der Waals surface area contributed by atoms with Crippen LogP contribution in [-0.2, 0) is 0 Å². The SMILES string of the molecule is Cc1cnc(-c2cccc(Cl)c2Cl)o1. The number of rotatable bonds is 1. The molecular weight excluding hydrogens is 221 g/mol. The molecule has 0 radical (unpaired) electrons. The van der Waals surface area contributed by atoms with Crippen LogP contribution < -0.4 is 0 Å². The summed E-state index contributed by atoms with van der Waals surface area (Å²) in [7, 11) is 0. The van der Waals surface area contributed by atoms with Crippen molar-refractivity contribution in [2.24, 2.45) is 0 Å². The maximum absolute atomic E-state index is 6.01. The molecule has 0 spiro atoms. The highest BCUT2D eigenvalue weighted by atomic mass is 35.5. The van der Waals surface area contributed by atoms with Crippen LogP contribution in [0.5, 0.6) is 0 Å². The Labute approximate surface area is 91.5 Å². The fourth-order valence-electron chi connectivity index (χ4n) is 1.15. The summed E-state index contributed by atoms with van der Waals surface area (Å²) in [5, 5.41) is 0.969. The molecule has 0 atom stereocenters. The zero-order valence-electron chi connectivity index (χ0n) is 7.42. The van der Waals surface area contributed by atoms with Crippen LogP contribution in [0, 0.1) is 6.92 Å². The first-order chi connectivity index (χ1) is 6.68. The van der Waals surface area contributed by atoms with Crippen molar-refractivity contribution in [2.75, 3.05) is 0 Å². The first-order valence-corrected chi connectivity index (χ1v) is 4.81. The monoisotopic (exact) mass is 227 g/mol. The lowest BCUT2D eigenvalue weighted by Crippen LogP contribution is -1.79. The molecule has 2 aromatic rings. The number of aryl methyl sites for hydroxylation is 1. The first-order valence-electron chi connectivity index (χ1n) is 4.05. The van der Waals surface area contributed by atoms with Gasteiger partial charge in [0.25, 0.3) is 0 Å². The van der Waals surface area contributed by atoms with Crippen LogP contribution in [0.4, 0.5) is 0 Å². The molecule has 0 aliphatic rings. The summed E-state index contributed by atoms with van der Waals surface area (Å²) < 4.78 is 5.35. The van der Waals surface area contributed by atoms with Gasteiger partial charge in [-0.25, -0.2) is 4.98 Å². The second kappa shape index (κ2) is 3.64. The fraction of sp³-hybridized carbons (Fsp3) is 0.100. The van der Waals surface area contributed by atoms with E-state index in [4.69, 9.17) is 27.6 Å². The highest BCUT2D eigenvalue weighted by Gasteiger charge is 2.10. The van der Waals surface area contributed by atoms with Gasteiger partial charge < -0.3 is 4.42 Å². The summed E-state index contributed by atoms with van der Waals surface area (Å²) in [5.74, 6) is 1.24. The van der Waals surface area contributed by atoms with Crippen LogP contribution in [-0.4, -0.2) is 4.98 Å². The number of oxazole rings is 1. The Bertz CT molecular complexity index is 465. The topological polar surface area (TPSA) is 26.0 Å². The van der Waals surface area contributed by atoms with Gasteiger partial charge in [0.2, 0.25) is 5.89 Å². The van der Waals surface area contributed by atoms with Gasteiger partial charge in [-0.2, -0.15) is 0 Å². The van der Waals surface area contributed by atoms with Crippen molar-refractivity contribution in [3.63, 3.8) is 0 Å². The summed E-state index contributed by atoms with van der Waals surface area (Å²) >= 11 is 11.9. The van der Waals surface area contributed by atoms with Crippen LogP contribution in [0.25, 0.3) is 11.5 Å². The average Bonchev–Trinajstić information content (AvgIpc) is 2.57. The van der Waals surface area contributed by atoms with Gasteiger partial charge in [0.05, 0.1) is 21.8 Å². The number of aromatic nitrogens is 1. The molecule has 0 saturated carbocycles. The second-order valence-electron chi connectivity index (χ2n) is 2.88. The molecule has 0 aliphatic carbocycles. The predicted octanol–water partition coefficient (Wildman–Crippen LogP) is 3.96. The quantitative estimate of drug-likeness (QED) is 0.738. The van der Waals surface area contributed by atoms with Crippen molar-refractivity contribution < 1.29 is 4.42 Å². The maximum atomic E-state index is 6.01. The summed E-state index contributed by atoms with van der Waals surface area (Å²) in [6.07, 6.45) is 1.65. The Hall–Kier alpha value is -0.990. The summed E-state index contributed by atoms with van der Waals surface area (Å²) in [5.41, 5.74) is 0.715. The molecule has 0 fully saturated rings. The zero-order valence-corrected chi connectivity index (χ0v) is 8.93. The van der Waals surface area contributed by atoms with Crippen LogP contribution >= 0.6 is 23.2 Å². The minimum atomic E-state index is 0.469. The Morgan fingerprint density at radius 1 is 1.29 bits per heavy atom. The molecule has 1 aromatic carbocycles. The highest BCUT2D eigenvalue weighted by Crippen LogP contribution is 2.32. The smallest absolute Gasteiger partial charge is 0.227 e. The van der Waals surface area contributed by atoms with E-state index in [1.807, 2.05) is 19.1 Å². The molecule has 0 aliphatic heterocycles. The van der Waals surface area contributed by atoms with E-state index in [1.165, 1.54) is 0 Å². The van der Waals surface area contributed by atoms with Crippen molar-refractivity contribution in [1.29, 1.82) is 0 Å². The van der Waals surface area contributed by atoms with Gasteiger partial charge >= 0.3 is 0 Å². The Morgan fingerprint density at radius 3 is 2.71 bits per heavy atom. The van der Waals surface area contributed by atoms with E-state index in [-0.39, 0.29) is 0 Å². The van der Waals surface area contributed by atoms with E-state index in [0.717, 1.165) is 5.76 Å². The van der Waals surface area contributed by atoms with Crippen molar-refractivity contribution in [3.8, 4) is 11.5 Å². The molecule has 4 heteroatoms. The maximum Gasteiger partial charge on any atom is 0.227 e. The minimum Gasteiger partial charge on any atom is -0.441 e. The summed E-state index contributed by atoms with van der Waals surface area (Å²) in [4.78, 5) is 4.08. The van der Waals surface area contributed by atoms with Crippen LogP contribution in [0.1, 0.15) is 5.76 Å². The number of benzene rings is 1. The van der Waals surface area contributed by atoms with E-state index in [2.05, 4.69) is 4.98 Å². The van der Waals surface area contributed by atoms with Gasteiger partial charge in [-0.1, -0.05) is 29.3 Å². The molecule has 0 unspecified atom stereocenters. The molecule has 0 N–H and O–H groups in total. The van der Waals surface area contributed by atoms with Crippen molar-refractivity contribution in [3.05, 3.63) is 40.2 Å². The molecule has 2 rings (SSSR count). The van der Waals surface area contributed by atoms with Crippen molar-refractivity contribution >= 4 is 23.2 Å². The van der Waals surface area contributed by atoms with Gasteiger partial charge in [0.15, 0.2) is 0 Å². The van der Waals surface area contributed by atoms with Gasteiger partial charge in [0, 0.05) is 0 Å². The normalized spacial score (nSPS) is 10.5. The molecule has 2 nitrogen and oxygen atoms in total. The summed E-state index contributed by atoms with van der Waals surface area (Å²) in [6.45, 7) is 1.83. The van der Waals surface area contributed by atoms with Crippen LogP contribution in [0.3, 0.4) is 0 Å². The minimum absolute atomic E-state index is 0.469. The molecule has 1 aromatic heterocycles.